The van der Waals surface area contributed by atoms with Gasteiger partial charge in [0.05, 0.1) is 0 Å². The highest BCUT2D eigenvalue weighted by atomic mass is 15.1. The summed E-state index contributed by atoms with van der Waals surface area (Å²) in [5, 5.41) is 0. The Morgan fingerprint density at radius 2 is 2.11 bits per heavy atom. The van der Waals surface area contributed by atoms with Crippen LogP contribution in [0.2, 0.25) is 0 Å². The largest absolute Gasteiger partial charge is 0.381 e. The van der Waals surface area contributed by atoms with Crippen LogP contribution < -0.4 is 0 Å². The SMILES string of the molecule is CN1/C=C\CCCCC1. The fourth-order valence-electron chi connectivity index (χ4n) is 1.13. The maximum Gasteiger partial charge on any atom is 0.0169 e. The van der Waals surface area contributed by atoms with E-state index < -0.39 is 0 Å². The van der Waals surface area contributed by atoms with E-state index in [1.165, 1.54) is 32.2 Å². The quantitative estimate of drug-likeness (QED) is 0.478. The molecular weight excluding hydrogens is 110 g/mol. The van der Waals surface area contributed by atoms with Crippen LogP contribution in [0.25, 0.3) is 0 Å². The average molecular weight is 125 g/mol. The van der Waals surface area contributed by atoms with Crippen LogP contribution in [0.15, 0.2) is 12.3 Å². The van der Waals surface area contributed by atoms with E-state index in [0.717, 1.165) is 0 Å². The van der Waals surface area contributed by atoms with Gasteiger partial charge in [-0.2, -0.15) is 0 Å². The highest BCUT2D eigenvalue weighted by Gasteiger charge is 1.94. The van der Waals surface area contributed by atoms with Crippen LogP contribution in [-0.4, -0.2) is 18.5 Å². The fraction of sp³-hybridized carbons (Fsp3) is 0.750. The van der Waals surface area contributed by atoms with Crippen LogP contribution in [0.3, 0.4) is 0 Å². The van der Waals surface area contributed by atoms with Gasteiger partial charge in [0.1, 0.15) is 0 Å². The molecule has 0 aliphatic carbocycles. The molecule has 1 nitrogen and oxygen atoms in total. The summed E-state index contributed by atoms with van der Waals surface area (Å²) in [6, 6.07) is 0. The van der Waals surface area contributed by atoms with Gasteiger partial charge in [-0.15, -0.1) is 0 Å². The first-order chi connectivity index (χ1) is 4.39. The van der Waals surface area contributed by atoms with Crippen molar-refractivity contribution in [3.05, 3.63) is 12.3 Å². The zero-order chi connectivity index (χ0) is 6.53. The Labute approximate surface area is 57.4 Å². The Balaban J connectivity index is 2.30. The molecule has 1 heteroatoms. The smallest absolute Gasteiger partial charge is 0.0169 e. The summed E-state index contributed by atoms with van der Waals surface area (Å²) in [5.74, 6) is 0. The van der Waals surface area contributed by atoms with Crippen LogP contribution in [0, 0.1) is 0 Å². The molecule has 1 rings (SSSR count). The van der Waals surface area contributed by atoms with E-state index >= 15 is 0 Å². The topological polar surface area (TPSA) is 3.24 Å². The third-order valence-electron chi connectivity index (χ3n) is 1.74. The van der Waals surface area contributed by atoms with Crippen LogP contribution >= 0.6 is 0 Å². The molecule has 0 aromatic carbocycles. The normalized spacial score (nSPS) is 24.8. The van der Waals surface area contributed by atoms with Crippen molar-refractivity contribution in [1.29, 1.82) is 0 Å². The molecule has 0 saturated carbocycles. The number of nitrogens with zero attached hydrogens (tertiary/aromatic N) is 1. The van der Waals surface area contributed by atoms with Gasteiger partial charge >= 0.3 is 0 Å². The molecule has 0 radical (unpaired) electrons. The van der Waals surface area contributed by atoms with Gasteiger partial charge in [-0.3, -0.25) is 0 Å². The van der Waals surface area contributed by atoms with Crippen LogP contribution in [-0.2, 0) is 0 Å². The van der Waals surface area contributed by atoms with Gasteiger partial charge in [-0.25, -0.2) is 0 Å². The van der Waals surface area contributed by atoms with Crippen LogP contribution in [0.1, 0.15) is 25.7 Å². The number of rotatable bonds is 0. The fourth-order valence-corrected chi connectivity index (χ4v) is 1.13. The van der Waals surface area contributed by atoms with E-state index in [0.29, 0.717) is 0 Å². The molecule has 0 aromatic heterocycles. The highest BCUT2D eigenvalue weighted by molar-refractivity contribution is 4.82. The summed E-state index contributed by atoms with van der Waals surface area (Å²) in [5.41, 5.74) is 0. The van der Waals surface area contributed by atoms with Crippen molar-refractivity contribution in [2.24, 2.45) is 0 Å². The first-order valence-electron chi connectivity index (χ1n) is 3.76. The predicted octanol–water partition coefficient (Wildman–Crippen LogP) is 2.01. The predicted molar refractivity (Wildman–Crippen MR) is 40.2 cm³/mol. The van der Waals surface area contributed by atoms with Gasteiger partial charge in [-0.1, -0.05) is 12.5 Å². The third-order valence-corrected chi connectivity index (χ3v) is 1.74. The number of hydrogen-bond donors (Lipinski definition) is 0. The van der Waals surface area contributed by atoms with Crippen molar-refractivity contribution in [3.8, 4) is 0 Å². The Bertz CT molecular complexity index is 96.7. The highest BCUT2D eigenvalue weighted by Crippen LogP contribution is 2.05. The lowest BCUT2D eigenvalue weighted by Crippen LogP contribution is -2.12. The van der Waals surface area contributed by atoms with E-state index in [1.807, 2.05) is 0 Å². The molecule has 0 spiro atoms. The van der Waals surface area contributed by atoms with Crippen molar-refractivity contribution >= 4 is 0 Å². The summed E-state index contributed by atoms with van der Waals surface area (Å²) in [6.07, 6.45) is 9.86. The van der Waals surface area contributed by atoms with E-state index in [1.54, 1.807) is 0 Å². The molecule has 0 aromatic rings. The molecule has 0 amide bonds. The second-order valence-electron chi connectivity index (χ2n) is 2.71. The van der Waals surface area contributed by atoms with Crippen molar-refractivity contribution in [2.45, 2.75) is 25.7 Å². The van der Waals surface area contributed by atoms with Crippen LogP contribution in [0.5, 0.6) is 0 Å². The molecule has 0 fully saturated rings. The van der Waals surface area contributed by atoms with E-state index in [-0.39, 0.29) is 0 Å². The minimum absolute atomic E-state index is 1.23. The molecule has 9 heavy (non-hydrogen) atoms. The second-order valence-corrected chi connectivity index (χ2v) is 2.71. The molecule has 0 N–H and O–H groups in total. The molecule has 1 heterocycles. The van der Waals surface area contributed by atoms with Gasteiger partial charge in [0.25, 0.3) is 0 Å². The van der Waals surface area contributed by atoms with Gasteiger partial charge in [-0.05, 0) is 25.5 Å². The summed E-state index contributed by atoms with van der Waals surface area (Å²) in [6.45, 7) is 1.23. The number of allylic oxidation sites excluding steroid dienone is 1. The summed E-state index contributed by atoms with van der Waals surface area (Å²) in [7, 11) is 2.14. The van der Waals surface area contributed by atoms with E-state index in [2.05, 4.69) is 24.2 Å². The third kappa shape index (κ3) is 2.54. The lowest BCUT2D eigenvalue weighted by Gasteiger charge is -2.15. The number of hydrogen-bond acceptors (Lipinski definition) is 1. The van der Waals surface area contributed by atoms with Gasteiger partial charge in [0.2, 0.25) is 0 Å². The lowest BCUT2D eigenvalue weighted by atomic mass is 10.1. The molecular formula is C8H15N. The van der Waals surface area contributed by atoms with Crippen molar-refractivity contribution < 1.29 is 0 Å². The zero-order valence-corrected chi connectivity index (χ0v) is 6.14. The maximum atomic E-state index is 2.26. The van der Waals surface area contributed by atoms with Gasteiger partial charge in [0.15, 0.2) is 0 Å². The Morgan fingerprint density at radius 3 is 3.00 bits per heavy atom. The van der Waals surface area contributed by atoms with Crippen molar-refractivity contribution in [2.75, 3.05) is 13.6 Å². The molecule has 0 atom stereocenters. The van der Waals surface area contributed by atoms with Crippen molar-refractivity contribution in [1.82, 2.24) is 4.90 Å². The van der Waals surface area contributed by atoms with E-state index in [4.69, 9.17) is 0 Å². The minimum atomic E-state index is 1.23. The second kappa shape index (κ2) is 3.54. The lowest BCUT2D eigenvalue weighted by molar-refractivity contribution is 0.422. The molecule has 1 aliphatic rings. The Kier molecular flexibility index (Phi) is 2.62. The molecule has 1 aliphatic heterocycles. The molecule has 52 valence electrons. The summed E-state index contributed by atoms with van der Waals surface area (Å²) in [4.78, 5) is 2.26. The zero-order valence-electron chi connectivity index (χ0n) is 6.14. The standard InChI is InChI=1S/C8H15N/c1-9-7-5-3-2-4-6-8-9/h5,7H,2-4,6,8H2,1H3/b7-5-. The molecule has 0 bridgehead atoms. The average Bonchev–Trinajstić information content (AvgIpc) is 1.79. The Morgan fingerprint density at radius 1 is 1.22 bits per heavy atom. The Hall–Kier alpha value is -0.460. The first-order valence-corrected chi connectivity index (χ1v) is 3.76. The minimum Gasteiger partial charge on any atom is -0.381 e. The first kappa shape index (κ1) is 6.66. The van der Waals surface area contributed by atoms with E-state index in [9.17, 15) is 0 Å². The van der Waals surface area contributed by atoms with Gasteiger partial charge in [0, 0.05) is 13.6 Å². The summed E-state index contributed by atoms with van der Waals surface area (Å²) >= 11 is 0. The maximum absolute atomic E-state index is 2.26. The molecule has 0 unspecified atom stereocenters. The summed E-state index contributed by atoms with van der Waals surface area (Å²) < 4.78 is 0. The van der Waals surface area contributed by atoms with Crippen LogP contribution in [0.4, 0.5) is 0 Å². The molecule has 0 saturated heterocycles. The van der Waals surface area contributed by atoms with Gasteiger partial charge < -0.3 is 4.90 Å². The monoisotopic (exact) mass is 125 g/mol. The van der Waals surface area contributed by atoms with Crippen molar-refractivity contribution in [3.63, 3.8) is 0 Å².